The van der Waals surface area contributed by atoms with Gasteiger partial charge in [0.1, 0.15) is 18.2 Å². The second-order valence-corrected chi connectivity index (χ2v) is 11.6. The molecule has 1 aliphatic carbocycles. The zero-order valence-electron chi connectivity index (χ0n) is 22.8. The van der Waals surface area contributed by atoms with E-state index >= 15 is 0 Å². The first-order valence-corrected chi connectivity index (χ1v) is 14.4. The van der Waals surface area contributed by atoms with Gasteiger partial charge in [-0.3, -0.25) is 9.69 Å². The number of hydrogen-bond acceptors (Lipinski definition) is 5. The molecule has 3 aromatic rings. The summed E-state index contributed by atoms with van der Waals surface area (Å²) in [5.74, 6) is -0.543. The van der Waals surface area contributed by atoms with Crippen LogP contribution < -0.4 is 15.4 Å². The smallest absolute Gasteiger partial charge is 0.418 e. The molecule has 0 amide bonds. The van der Waals surface area contributed by atoms with E-state index in [2.05, 4.69) is 22.0 Å². The lowest BCUT2D eigenvalue weighted by Crippen LogP contribution is -2.39. The molecule has 0 aromatic heterocycles. The summed E-state index contributed by atoms with van der Waals surface area (Å²) in [5, 5.41) is 10.3. The second-order valence-electron chi connectivity index (χ2n) is 10.3. The molecule has 5 rings (SSSR count). The zero-order valence-corrected chi connectivity index (χ0v) is 25.1. The van der Waals surface area contributed by atoms with Gasteiger partial charge in [0.2, 0.25) is 0 Å². The fourth-order valence-corrected chi connectivity index (χ4v) is 6.27. The molecule has 5 nitrogen and oxygen atoms in total. The second kappa shape index (κ2) is 11.5. The van der Waals surface area contributed by atoms with Crippen LogP contribution in [0.3, 0.4) is 0 Å². The number of allylic oxidation sites excluding steroid dienone is 3. The fourth-order valence-electron chi connectivity index (χ4n) is 5.70. The molecule has 2 N–H and O–H groups in total. The van der Waals surface area contributed by atoms with Crippen molar-refractivity contribution in [3.05, 3.63) is 115 Å². The molecule has 0 saturated heterocycles. The predicted octanol–water partition coefficient (Wildman–Crippen LogP) is 8.62. The Balaban J connectivity index is 1.68. The molecule has 1 aliphatic heterocycles. The molecular weight excluding hydrogens is 631 g/mol. The van der Waals surface area contributed by atoms with E-state index in [9.17, 15) is 23.2 Å². The van der Waals surface area contributed by atoms with Gasteiger partial charge in [-0.25, -0.2) is 0 Å². The van der Waals surface area contributed by atoms with Crippen LogP contribution in [-0.2, 0) is 17.6 Å². The van der Waals surface area contributed by atoms with Gasteiger partial charge in [0.05, 0.1) is 33.3 Å². The van der Waals surface area contributed by atoms with Crippen molar-refractivity contribution in [3.63, 3.8) is 0 Å². The summed E-state index contributed by atoms with van der Waals surface area (Å²) in [4.78, 5) is 14.8. The number of nitrogens with two attached hydrogens (primary N) is 1. The number of benzene rings is 3. The topological polar surface area (TPSA) is 79.4 Å². The molecule has 0 saturated carbocycles. The van der Waals surface area contributed by atoms with E-state index in [1.54, 1.807) is 0 Å². The van der Waals surface area contributed by atoms with E-state index in [1.807, 2.05) is 50.2 Å². The molecule has 10 heteroatoms. The van der Waals surface area contributed by atoms with Gasteiger partial charge in [-0.1, -0.05) is 35.9 Å². The van der Waals surface area contributed by atoms with E-state index in [1.165, 1.54) is 17.0 Å². The summed E-state index contributed by atoms with van der Waals surface area (Å²) < 4.78 is 49.4. The number of anilines is 1. The number of ether oxygens (including phenoxy) is 1. The third kappa shape index (κ3) is 5.41. The number of aryl methyl sites for hydroxylation is 2. The maximum absolute atomic E-state index is 14.2. The van der Waals surface area contributed by atoms with E-state index in [4.69, 9.17) is 22.1 Å². The maximum atomic E-state index is 14.2. The lowest BCUT2D eigenvalue weighted by molar-refractivity contribution is -0.137. The molecule has 216 valence electrons. The number of carbonyl (C=O) groups excluding carboxylic acids is 1. The summed E-state index contributed by atoms with van der Waals surface area (Å²) in [7, 11) is 0. The van der Waals surface area contributed by atoms with Crippen molar-refractivity contribution in [3.8, 4) is 11.8 Å². The number of para-hydroxylation sites is 1. The van der Waals surface area contributed by atoms with Crippen molar-refractivity contribution >= 4 is 39.0 Å². The number of ketones is 1. The highest BCUT2D eigenvalue weighted by molar-refractivity contribution is 9.10. The predicted molar refractivity (Wildman–Crippen MR) is 159 cm³/mol. The number of halogens is 5. The standard InChI is InChI=1S/C32H26BrClF3N3O2/c1-17-12-18(2)21(13-19(17)16-42-28-9-4-3-6-24(28)33)29-22(15-38)31(39)40(26-7-5-8-27(41)30(26)29)25-11-10-20(34)14-23(25)32(35,36)37/h3-4,6,9-14,29H,5,7-8,16,39H2,1-2H3. The first-order valence-electron chi connectivity index (χ1n) is 13.2. The van der Waals surface area contributed by atoms with Gasteiger partial charge in [-0.05, 0) is 95.2 Å². The lowest BCUT2D eigenvalue weighted by Gasteiger charge is -2.40. The van der Waals surface area contributed by atoms with Gasteiger partial charge in [-0.15, -0.1) is 0 Å². The maximum Gasteiger partial charge on any atom is 0.418 e. The van der Waals surface area contributed by atoms with Gasteiger partial charge in [0, 0.05) is 22.7 Å². The SMILES string of the molecule is Cc1cc(C)c(C2C(C#N)=C(N)N(c3ccc(Cl)cc3C(F)(F)F)C3=C2C(=O)CCC3)cc1COc1ccccc1Br. The van der Waals surface area contributed by atoms with Gasteiger partial charge in [0.25, 0.3) is 0 Å². The fraction of sp³-hybridized carbons (Fsp3) is 0.250. The molecule has 0 spiro atoms. The first kappa shape index (κ1) is 29.7. The van der Waals surface area contributed by atoms with Gasteiger partial charge in [0.15, 0.2) is 5.78 Å². The molecule has 2 aliphatic rings. The summed E-state index contributed by atoms with van der Waals surface area (Å²) in [6.07, 6.45) is -3.76. The van der Waals surface area contributed by atoms with Crippen molar-refractivity contribution in [1.29, 1.82) is 5.26 Å². The summed E-state index contributed by atoms with van der Waals surface area (Å²) >= 11 is 9.43. The summed E-state index contributed by atoms with van der Waals surface area (Å²) in [6.45, 7) is 4.05. The number of rotatable bonds is 5. The first-order chi connectivity index (χ1) is 19.9. The molecule has 1 heterocycles. The Labute approximate surface area is 255 Å². The summed E-state index contributed by atoms with van der Waals surface area (Å²) in [5.41, 5.74) is 9.26. The average molecular weight is 657 g/mol. The Bertz CT molecular complexity index is 1710. The molecule has 0 bridgehead atoms. The lowest BCUT2D eigenvalue weighted by atomic mass is 9.74. The van der Waals surface area contributed by atoms with Gasteiger partial charge in [-0.2, -0.15) is 18.4 Å². The Hall–Kier alpha value is -3.74. The Morgan fingerprint density at radius 3 is 2.55 bits per heavy atom. The molecule has 1 atom stereocenters. The largest absolute Gasteiger partial charge is 0.488 e. The Morgan fingerprint density at radius 2 is 1.86 bits per heavy atom. The number of alkyl halides is 3. The third-order valence-electron chi connectivity index (χ3n) is 7.67. The third-order valence-corrected chi connectivity index (χ3v) is 8.56. The van der Waals surface area contributed by atoms with Crippen LogP contribution in [0.5, 0.6) is 5.75 Å². The minimum atomic E-state index is -4.75. The molecule has 0 fully saturated rings. The van der Waals surface area contributed by atoms with Gasteiger partial charge < -0.3 is 10.5 Å². The van der Waals surface area contributed by atoms with Crippen molar-refractivity contribution in [2.45, 2.75) is 51.8 Å². The number of hydrogen-bond donors (Lipinski definition) is 1. The minimum absolute atomic E-state index is 0.0108. The number of nitriles is 1. The highest BCUT2D eigenvalue weighted by Crippen LogP contribution is 2.49. The van der Waals surface area contributed by atoms with Crippen LogP contribution in [0.15, 0.2) is 81.7 Å². The van der Waals surface area contributed by atoms with Crippen LogP contribution in [0.1, 0.15) is 53.0 Å². The number of Topliss-reactive ketones (excluding diaryl/α,β-unsaturated/α-hetero) is 1. The molecule has 3 aromatic carbocycles. The van der Waals surface area contributed by atoms with Crippen molar-refractivity contribution < 1.29 is 22.7 Å². The molecule has 1 unspecified atom stereocenters. The number of nitrogens with zero attached hydrogens (tertiary/aromatic N) is 2. The monoisotopic (exact) mass is 655 g/mol. The minimum Gasteiger partial charge on any atom is -0.488 e. The molecule has 0 radical (unpaired) electrons. The van der Waals surface area contributed by atoms with Crippen molar-refractivity contribution in [1.82, 2.24) is 0 Å². The quantitative estimate of drug-likeness (QED) is 0.298. The molecule has 42 heavy (non-hydrogen) atoms. The van der Waals surface area contributed by atoms with Crippen LogP contribution >= 0.6 is 27.5 Å². The van der Waals surface area contributed by atoms with Crippen LogP contribution in [0.25, 0.3) is 0 Å². The number of carbonyl (C=O) groups is 1. The average Bonchev–Trinajstić information content (AvgIpc) is 2.93. The summed E-state index contributed by atoms with van der Waals surface area (Å²) in [6, 6.07) is 16.8. The van der Waals surface area contributed by atoms with Crippen LogP contribution in [-0.4, -0.2) is 5.78 Å². The van der Waals surface area contributed by atoms with E-state index in [0.29, 0.717) is 35.4 Å². The Kier molecular flexibility index (Phi) is 8.15. The van der Waals surface area contributed by atoms with E-state index in [-0.39, 0.29) is 40.9 Å². The van der Waals surface area contributed by atoms with E-state index < -0.39 is 17.7 Å². The van der Waals surface area contributed by atoms with Crippen LogP contribution in [0, 0.1) is 25.2 Å². The van der Waals surface area contributed by atoms with Crippen molar-refractivity contribution in [2.24, 2.45) is 5.73 Å². The van der Waals surface area contributed by atoms with Gasteiger partial charge >= 0.3 is 6.18 Å². The normalized spacial score (nSPS) is 17.3. The van der Waals surface area contributed by atoms with Crippen LogP contribution in [0.4, 0.5) is 18.9 Å². The zero-order chi connectivity index (χ0) is 30.3. The van der Waals surface area contributed by atoms with Crippen molar-refractivity contribution in [2.75, 3.05) is 4.90 Å². The van der Waals surface area contributed by atoms with Crippen LogP contribution in [0.2, 0.25) is 5.02 Å². The van der Waals surface area contributed by atoms with E-state index in [0.717, 1.165) is 27.2 Å². The molecular formula is C32H26BrClF3N3O2. The highest BCUT2D eigenvalue weighted by Gasteiger charge is 2.43. The Morgan fingerprint density at radius 1 is 1.12 bits per heavy atom. The highest BCUT2D eigenvalue weighted by atomic mass is 79.9.